The Morgan fingerprint density at radius 3 is 2.10 bits per heavy atom. The summed E-state index contributed by atoms with van der Waals surface area (Å²) in [5.74, 6) is -0.969. The predicted octanol–water partition coefficient (Wildman–Crippen LogP) is 3.35. The monoisotopic (exact) mass is 283 g/mol. The maximum atomic E-state index is 12.1. The topological polar surface area (TPSA) is 66.4 Å². The molecule has 4 nitrogen and oxygen atoms in total. The van der Waals surface area contributed by atoms with Gasteiger partial charge in [-0.1, -0.05) is 27.7 Å². The van der Waals surface area contributed by atoms with Crippen molar-refractivity contribution in [1.82, 2.24) is 5.32 Å². The van der Waals surface area contributed by atoms with Gasteiger partial charge in [-0.2, -0.15) is 0 Å². The zero-order chi connectivity index (χ0) is 15.4. The average molecular weight is 283 g/mol. The molecule has 1 aliphatic rings. The van der Waals surface area contributed by atoms with Crippen LogP contribution >= 0.6 is 0 Å². The molecule has 0 unspecified atom stereocenters. The maximum Gasteiger partial charge on any atom is 0.310 e. The van der Waals surface area contributed by atoms with E-state index in [0.29, 0.717) is 18.3 Å². The molecular formula is C16H29NO3. The van der Waals surface area contributed by atoms with Crippen LogP contribution < -0.4 is 5.32 Å². The summed E-state index contributed by atoms with van der Waals surface area (Å²) in [6.07, 6.45) is 5.30. The second-order valence-corrected chi connectivity index (χ2v) is 6.98. The number of carbonyl (C=O) groups is 2. The first-order valence-corrected chi connectivity index (χ1v) is 7.77. The molecule has 116 valence electrons. The van der Waals surface area contributed by atoms with Crippen molar-refractivity contribution in [3.05, 3.63) is 0 Å². The summed E-state index contributed by atoms with van der Waals surface area (Å²) in [6, 6.07) is 0.218. The van der Waals surface area contributed by atoms with Crippen LogP contribution in [0, 0.1) is 10.8 Å². The third-order valence-corrected chi connectivity index (χ3v) is 5.01. The number of rotatable bonds is 6. The Kier molecular flexibility index (Phi) is 5.60. The summed E-state index contributed by atoms with van der Waals surface area (Å²) in [5.41, 5.74) is -0.531. The molecule has 0 atom stereocenters. The summed E-state index contributed by atoms with van der Waals surface area (Å²) in [4.78, 5) is 23.6. The summed E-state index contributed by atoms with van der Waals surface area (Å²) in [7, 11) is 0. The van der Waals surface area contributed by atoms with Gasteiger partial charge in [-0.25, -0.2) is 0 Å². The molecule has 0 aromatic heterocycles. The Morgan fingerprint density at radius 1 is 1.20 bits per heavy atom. The van der Waals surface area contributed by atoms with Crippen molar-refractivity contribution in [3.63, 3.8) is 0 Å². The van der Waals surface area contributed by atoms with Crippen LogP contribution in [-0.2, 0) is 9.59 Å². The number of aliphatic carboxylic acids is 1. The van der Waals surface area contributed by atoms with Gasteiger partial charge in [0.15, 0.2) is 0 Å². The Balaban J connectivity index is 2.53. The lowest BCUT2D eigenvalue weighted by Gasteiger charge is -2.35. The van der Waals surface area contributed by atoms with E-state index in [-0.39, 0.29) is 18.4 Å². The molecule has 0 aromatic rings. The van der Waals surface area contributed by atoms with Crippen LogP contribution in [0.1, 0.15) is 72.6 Å². The van der Waals surface area contributed by atoms with Gasteiger partial charge in [-0.15, -0.1) is 0 Å². The second-order valence-electron chi connectivity index (χ2n) is 6.98. The van der Waals surface area contributed by atoms with Crippen LogP contribution in [0.3, 0.4) is 0 Å². The van der Waals surface area contributed by atoms with Crippen LogP contribution in [0.4, 0.5) is 0 Å². The van der Waals surface area contributed by atoms with Crippen LogP contribution in [0.5, 0.6) is 0 Å². The van der Waals surface area contributed by atoms with Gasteiger partial charge >= 0.3 is 5.97 Å². The third-order valence-electron chi connectivity index (χ3n) is 5.01. The molecule has 4 heteroatoms. The Labute approximate surface area is 122 Å². The normalized spacial score (nSPS) is 19.6. The molecule has 2 N–H and O–H groups in total. The third kappa shape index (κ3) is 4.22. The van der Waals surface area contributed by atoms with Crippen molar-refractivity contribution in [2.45, 2.75) is 78.7 Å². The minimum Gasteiger partial charge on any atom is -0.481 e. The molecule has 0 heterocycles. The molecule has 1 fully saturated rings. The zero-order valence-corrected chi connectivity index (χ0v) is 13.3. The van der Waals surface area contributed by atoms with Crippen LogP contribution in [-0.4, -0.2) is 23.0 Å². The molecular weight excluding hydrogens is 254 g/mol. The lowest BCUT2D eigenvalue weighted by atomic mass is 9.75. The van der Waals surface area contributed by atoms with E-state index in [1.807, 2.05) is 13.8 Å². The Bertz CT molecular complexity index is 349. The summed E-state index contributed by atoms with van der Waals surface area (Å²) in [6.45, 7) is 8.20. The van der Waals surface area contributed by atoms with Crippen molar-refractivity contribution >= 4 is 11.9 Å². The van der Waals surface area contributed by atoms with E-state index in [1.165, 1.54) is 0 Å². The fourth-order valence-electron chi connectivity index (χ4n) is 3.01. The predicted molar refractivity (Wildman–Crippen MR) is 79.4 cm³/mol. The van der Waals surface area contributed by atoms with E-state index >= 15 is 0 Å². The van der Waals surface area contributed by atoms with Gasteiger partial charge in [0.25, 0.3) is 0 Å². The fourth-order valence-corrected chi connectivity index (χ4v) is 3.01. The van der Waals surface area contributed by atoms with Crippen molar-refractivity contribution in [2.75, 3.05) is 0 Å². The highest BCUT2D eigenvalue weighted by atomic mass is 16.4. The van der Waals surface area contributed by atoms with Crippen molar-refractivity contribution in [2.24, 2.45) is 10.8 Å². The number of hydrogen-bond donors (Lipinski definition) is 2. The molecule has 0 radical (unpaired) electrons. The van der Waals surface area contributed by atoms with Crippen molar-refractivity contribution in [3.8, 4) is 0 Å². The molecule has 1 rings (SSSR count). The van der Waals surface area contributed by atoms with Crippen molar-refractivity contribution in [1.29, 1.82) is 0 Å². The van der Waals surface area contributed by atoms with E-state index in [4.69, 9.17) is 0 Å². The Morgan fingerprint density at radius 2 is 1.70 bits per heavy atom. The van der Waals surface area contributed by atoms with Gasteiger partial charge in [0.05, 0.1) is 5.41 Å². The second kappa shape index (κ2) is 6.59. The van der Waals surface area contributed by atoms with E-state index in [1.54, 1.807) is 0 Å². The zero-order valence-electron chi connectivity index (χ0n) is 13.3. The molecule has 0 aromatic carbocycles. The quantitative estimate of drug-likeness (QED) is 0.785. The van der Waals surface area contributed by atoms with Gasteiger partial charge in [-0.3, -0.25) is 9.59 Å². The van der Waals surface area contributed by atoms with Gasteiger partial charge < -0.3 is 10.4 Å². The first kappa shape index (κ1) is 17.0. The highest BCUT2D eigenvalue weighted by Crippen LogP contribution is 2.35. The van der Waals surface area contributed by atoms with E-state index < -0.39 is 11.4 Å². The van der Waals surface area contributed by atoms with Gasteiger partial charge in [0.1, 0.15) is 0 Å². The number of amides is 1. The lowest BCUT2D eigenvalue weighted by molar-refractivity contribution is -0.152. The standard InChI is InChI=1S/C16H29NO3/c1-5-16(6-2,14(19)20)11-13(18)17-12-7-9-15(3,4)10-8-12/h12H,5-11H2,1-4H3,(H,17,18)(H,19,20). The molecule has 0 spiro atoms. The number of carboxylic acid groups (broad SMARTS) is 1. The number of carboxylic acids is 1. The SMILES string of the molecule is CCC(CC)(CC(=O)NC1CCC(C)(C)CC1)C(=O)O. The van der Waals surface area contributed by atoms with Crippen molar-refractivity contribution < 1.29 is 14.7 Å². The van der Waals surface area contributed by atoms with Crippen LogP contribution in [0.2, 0.25) is 0 Å². The summed E-state index contributed by atoms with van der Waals surface area (Å²) < 4.78 is 0. The molecule has 0 bridgehead atoms. The minimum atomic E-state index is -0.905. The highest BCUT2D eigenvalue weighted by molar-refractivity contribution is 5.85. The minimum absolute atomic E-state index is 0.0925. The lowest BCUT2D eigenvalue weighted by Crippen LogP contribution is -2.43. The van der Waals surface area contributed by atoms with Crippen LogP contribution in [0.15, 0.2) is 0 Å². The van der Waals surface area contributed by atoms with E-state index in [2.05, 4.69) is 19.2 Å². The number of hydrogen-bond acceptors (Lipinski definition) is 2. The van der Waals surface area contributed by atoms with Gasteiger partial charge in [0, 0.05) is 12.5 Å². The molecule has 1 amide bonds. The first-order valence-electron chi connectivity index (χ1n) is 7.77. The molecule has 20 heavy (non-hydrogen) atoms. The summed E-state index contributed by atoms with van der Waals surface area (Å²) >= 11 is 0. The molecule has 1 aliphatic carbocycles. The number of nitrogens with one attached hydrogen (secondary N) is 1. The van der Waals surface area contributed by atoms with Crippen LogP contribution in [0.25, 0.3) is 0 Å². The highest BCUT2D eigenvalue weighted by Gasteiger charge is 2.38. The Hall–Kier alpha value is -1.06. The average Bonchev–Trinajstić information content (AvgIpc) is 2.38. The maximum absolute atomic E-state index is 12.1. The van der Waals surface area contributed by atoms with E-state index in [9.17, 15) is 14.7 Å². The molecule has 0 aliphatic heterocycles. The summed E-state index contributed by atoms with van der Waals surface area (Å²) in [5, 5.41) is 12.4. The van der Waals surface area contributed by atoms with Gasteiger partial charge in [-0.05, 0) is 43.9 Å². The van der Waals surface area contributed by atoms with Gasteiger partial charge in [0.2, 0.25) is 5.91 Å². The first-order chi connectivity index (χ1) is 9.24. The molecule has 1 saturated carbocycles. The smallest absolute Gasteiger partial charge is 0.310 e. The van der Waals surface area contributed by atoms with E-state index in [0.717, 1.165) is 25.7 Å². The fraction of sp³-hybridized carbons (Fsp3) is 0.875. The number of carbonyl (C=O) groups excluding carboxylic acids is 1. The molecule has 0 saturated heterocycles. The largest absolute Gasteiger partial charge is 0.481 e.